The molecule has 0 aliphatic carbocycles. The number of ether oxygens (including phenoxy) is 3. The van der Waals surface area contributed by atoms with Crippen LogP contribution < -0.4 is 0 Å². The normalized spacial score (nSPS) is 15.2. The van der Waals surface area contributed by atoms with Crippen molar-refractivity contribution in [1.29, 1.82) is 0 Å². The number of methoxy groups -OCH3 is 1. The van der Waals surface area contributed by atoms with Gasteiger partial charge in [-0.1, -0.05) is 0 Å². The lowest BCUT2D eigenvalue weighted by molar-refractivity contribution is -0.144. The molecule has 1 fully saturated rings. The maximum Gasteiger partial charge on any atom is 0.325 e. The van der Waals surface area contributed by atoms with Crippen LogP contribution in [0.4, 0.5) is 4.79 Å². The first-order valence-electron chi connectivity index (χ1n) is 6.45. The van der Waals surface area contributed by atoms with Gasteiger partial charge in [0.25, 0.3) is 0 Å². The van der Waals surface area contributed by atoms with Gasteiger partial charge in [0.05, 0.1) is 26.4 Å². The molecule has 0 saturated carbocycles. The molecule has 1 aliphatic heterocycles. The molecule has 19 heavy (non-hydrogen) atoms. The second-order valence-electron chi connectivity index (χ2n) is 4.10. The van der Waals surface area contributed by atoms with Crippen LogP contribution in [0.5, 0.6) is 0 Å². The number of carbonyl (C=O) groups excluding carboxylic acids is 2. The monoisotopic (exact) mass is 274 g/mol. The number of amides is 2. The number of carbonyl (C=O) groups is 2. The quantitative estimate of drug-likeness (QED) is 0.635. The van der Waals surface area contributed by atoms with E-state index in [-0.39, 0.29) is 12.6 Å². The van der Waals surface area contributed by atoms with E-state index >= 15 is 0 Å². The summed E-state index contributed by atoms with van der Waals surface area (Å²) in [6, 6.07) is -0.173. The van der Waals surface area contributed by atoms with Gasteiger partial charge < -0.3 is 24.0 Å². The third-order valence-electron chi connectivity index (χ3n) is 2.74. The lowest BCUT2D eigenvalue weighted by Crippen LogP contribution is -2.50. The van der Waals surface area contributed by atoms with Gasteiger partial charge >= 0.3 is 12.0 Å². The summed E-state index contributed by atoms with van der Waals surface area (Å²) < 4.78 is 15.0. The van der Waals surface area contributed by atoms with Crippen molar-refractivity contribution in [2.75, 3.05) is 59.7 Å². The Labute approximate surface area is 113 Å². The summed E-state index contributed by atoms with van der Waals surface area (Å²) in [5, 5.41) is 0. The Morgan fingerprint density at radius 1 is 1.32 bits per heavy atom. The Kier molecular flexibility index (Phi) is 7.20. The summed E-state index contributed by atoms with van der Waals surface area (Å²) in [5.41, 5.74) is 0. The van der Waals surface area contributed by atoms with Crippen molar-refractivity contribution in [3.8, 4) is 0 Å². The van der Waals surface area contributed by atoms with Crippen molar-refractivity contribution in [3.05, 3.63) is 0 Å². The van der Waals surface area contributed by atoms with E-state index in [9.17, 15) is 9.59 Å². The Bertz CT molecular complexity index is 292. The zero-order valence-corrected chi connectivity index (χ0v) is 11.6. The van der Waals surface area contributed by atoms with Crippen LogP contribution in [-0.2, 0) is 19.0 Å². The van der Waals surface area contributed by atoms with Crippen LogP contribution in [0, 0.1) is 0 Å². The van der Waals surface area contributed by atoms with Gasteiger partial charge in [-0.15, -0.1) is 0 Å². The predicted molar refractivity (Wildman–Crippen MR) is 67.9 cm³/mol. The van der Waals surface area contributed by atoms with E-state index in [1.165, 1.54) is 4.90 Å². The van der Waals surface area contributed by atoms with Crippen molar-refractivity contribution in [3.63, 3.8) is 0 Å². The minimum absolute atomic E-state index is 0.0482. The van der Waals surface area contributed by atoms with Gasteiger partial charge in [-0.3, -0.25) is 4.79 Å². The van der Waals surface area contributed by atoms with E-state index in [0.29, 0.717) is 46.1 Å². The Balaban J connectivity index is 2.55. The van der Waals surface area contributed by atoms with Gasteiger partial charge in [-0.25, -0.2) is 4.79 Å². The minimum Gasteiger partial charge on any atom is -0.465 e. The van der Waals surface area contributed by atoms with Crippen LogP contribution in [0.1, 0.15) is 6.92 Å². The first kappa shape index (κ1) is 15.7. The molecule has 1 rings (SSSR count). The fraction of sp³-hybridized carbons (Fsp3) is 0.833. The largest absolute Gasteiger partial charge is 0.465 e. The molecule has 1 aliphatic rings. The van der Waals surface area contributed by atoms with E-state index in [2.05, 4.69) is 0 Å². The van der Waals surface area contributed by atoms with Crippen molar-refractivity contribution >= 4 is 12.0 Å². The number of rotatable bonds is 6. The van der Waals surface area contributed by atoms with Gasteiger partial charge in [0.15, 0.2) is 0 Å². The van der Waals surface area contributed by atoms with Gasteiger partial charge in [0.1, 0.15) is 6.54 Å². The Morgan fingerprint density at radius 3 is 2.58 bits per heavy atom. The topological polar surface area (TPSA) is 68.3 Å². The van der Waals surface area contributed by atoms with Crippen LogP contribution in [0.25, 0.3) is 0 Å². The van der Waals surface area contributed by atoms with E-state index < -0.39 is 5.97 Å². The minimum atomic E-state index is -0.403. The van der Waals surface area contributed by atoms with E-state index in [0.717, 1.165) is 0 Å². The zero-order valence-electron chi connectivity index (χ0n) is 11.6. The van der Waals surface area contributed by atoms with Crippen LogP contribution in [0.15, 0.2) is 0 Å². The molecule has 2 amide bonds. The highest BCUT2D eigenvalue weighted by molar-refractivity contribution is 5.81. The molecule has 7 nitrogen and oxygen atoms in total. The second-order valence-corrected chi connectivity index (χ2v) is 4.10. The number of urea groups is 1. The lowest BCUT2D eigenvalue weighted by atomic mass is 10.4. The lowest BCUT2D eigenvalue weighted by Gasteiger charge is -2.32. The van der Waals surface area contributed by atoms with Crippen molar-refractivity contribution in [1.82, 2.24) is 9.80 Å². The molecule has 0 bridgehead atoms. The van der Waals surface area contributed by atoms with Gasteiger partial charge in [0.2, 0.25) is 0 Å². The van der Waals surface area contributed by atoms with Gasteiger partial charge in [-0.05, 0) is 6.92 Å². The molecule has 1 saturated heterocycles. The first-order valence-corrected chi connectivity index (χ1v) is 6.45. The van der Waals surface area contributed by atoms with Gasteiger partial charge in [0, 0.05) is 26.7 Å². The van der Waals surface area contributed by atoms with Crippen molar-refractivity contribution in [2.45, 2.75) is 6.92 Å². The summed E-state index contributed by atoms with van der Waals surface area (Å²) in [6.07, 6.45) is 0. The van der Waals surface area contributed by atoms with Crippen LogP contribution in [0.3, 0.4) is 0 Å². The fourth-order valence-corrected chi connectivity index (χ4v) is 1.76. The second kappa shape index (κ2) is 8.71. The molecule has 0 atom stereocenters. The molecule has 0 spiro atoms. The van der Waals surface area contributed by atoms with Crippen LogP contribution >= 0.6 is 0 Å². The third-order valence-corrected chi connectivity index (χ3v) is 2.74. The SMILES string of the molecule is CCOC(=O)CN(CCOC)C(=O)N1CCOCC1. The average molecular weight is 274 g/mol. The Morgan fingerprint density at radius 2 is 2.00 bits per heavy atom. The highest BCUT2D eigenvalue weighted by atomic mass is 16.5. The molecular weight excluding hydrogens is 252 g/mol. The smallest absolute Gasteiger partial charge is 0.325 e. The molecule has 0 aromatic rings. The number of hydrogen-bond donors (Lipinski definition) is 0. The number of hydrogen-bond acceptors (Lipinski definition) is 5. The molecule has 0 N–H and O–H groups in total. The summed E-state index contributed by atoms with van der Waals surface area (Å²) in [5.74, 6) is -0.403. The maximum absolute atomic E-state index is 12.3. The average Bonchev–Trinajstić information content (AvgIpc) is 2.44. The number of morpholine rings is 1. The summed E-state index contributed by atoms with van der Waals surface area (Å²) >= 11 is 0. The molecule has 0 aromatic heterocycles. The maximum atomic E-state index is 12.3. The molecule has 0 aromatic carbocycles. The summed E-state index contributed by atoms with van der Waals surface area (Å²) in [6.45, 7) is 4.90. The predicted octanol–water partition coefficient (Wildman–Crippen LogP) is -0.0499. The molecular formula is C12H22N2O5. The highest BCUT2D eigenvalue weighted by Crippen LogP contribution is 2.04. The van der Waals surface area contributed by atoms with Crippen LogP contribution in [-0.4, -0.2) is 81.5 Å². The zero-order chi connectivity index (χ0) is 14.1. The highest BCUT2D eigenvalue weighted by Gasteiger charge is 2.24. The standard InChI is InChI=1S/C12H22N2O5/c1-3-19-11(15)10-14(4-7-17-2)12(16)13-5-8-18-9-6-13/h3-10H2,1-2H3. The summed E-state index contributed by atoms with van der Waals surface area (Å²) in [7, 11) is 1.56. The molecule has 110 valence electrons. The molecule has 0 unspecified atom stereocenters. The van der Waals surface area contributed by atoms with Crippen molar-refractivity contribution in [2.24, 2.45) is 0 Å². The van der Waals surface area contributed by atoms with Crippen molar-refractivity contribution < 1.29 is 23.8 Å². The van der Waals surface area contributed by atoms with Crippen LogP contribution in [0.2, 0.25) is 0 Å². The Hall–Kier alpha value is -1.34. The van der Waals surface area contributed by atoms with E-state index in [4.69, 9.17) is 14.2 Å². The molecule has 0 radical (unpaired) electrons. The molecule has 1 heterocycles. The number of esters is 1. The van der Waals surface area contributed by atoms with E-state index in [1.807, 2.05) is 0 Å². The van der Waals surface area contributed by atoms with E-state index in [1.54, 1.807) is 18.9 Å². The third kappa shape index (κ3) is 5.44. The van der Waals surface area contributed by atoms with Gasteiger partial charge in [-0.2, -0.15) is 0 Å². The summed E-state index contributed by atoms with van der Waals surface area (Å²) in [4.78, 5) is 26.9. The molecule has 7 heteroatoms. The first-order chi connectivity index (χ1) is 9.19. The fourth-order valence-electron chi connectivity index (χ4n) is 1.76. The number of nitrogens with zero attached hydrogens (tertiary/aromatic N) is 2.